The second kappa shape index (κ2) is 4.44. The summed E-state index contributed by atoms with van der Waals surface area (Å²) in [6.45, 7) is 0.433. The predicted octanol–water partition coefficient (Wildman–Crippen LogP) is 0.402. The Bertz CT molecular complexity index is 573. The van der Waals surface area contributed by atoms with E-state index < -0.39 is 0 Å². The maximum absolute atomic E-state index is 11.0. The number of H-pyrrole nitrogens is 2. The Morgan fingerprint density at radius 2 is 2.06 bits per heavy atom. The van der Waals surface area contributed by atoms with Crippen molar-refractivity contribution in [2.45, 2.75) is 6.54 Å². The van der Waals surface area contributed by atoms with E-state index in [2.05, 4.69) is 27.9 Å². The number of benzene rings is 1. The molecule has 6 heteroatoms. The van der Waals surface area contributed by atoms with E-state index in [1.807, 2.05) is 12.1 Å². The molecule has 1 aromatic carbocycles. The van der Waals surface area contributed by atoms with Crippen LogP contribution in [0.3, 0.4) is 0 Å². The molecule has 0 aliphatic carbocycles. The molecule has 0 aliphatic heterocycles. The molecule has 0 spiro atoms. The van der Waals surface area contributed by atoms with Crippen molar-refractivity contribution in [3.63, 3.8) is 0 Å². The van der Waals surface area contributed by atoms with Gasteiger partial charge in [0, 0.05) is 6.54 Å². The van der Waals surface area contributed by atoms with Crippen molar-refractivity contribution in [2.24, 2.45) is 0 Å². The number of rotatable bonds is 3. The molecule has 2 aromatic rings. The topological polar surface area (TPSA) is 77.8 Å². The van der Waals surface area contributed by atoms with Gasteiger partial charge in [0.15, 0.2) is 0 Å². The van der Waals surface area contributed by atoms with Crippen molar-refractivity contribution in [1.82, 2.24) is 15.3 Å². The lowest BCUT2D eigenvalue weighted by Crippen LogP contribution is -2.23. The largest absolute Gasteiger partial charge is 0.351 e. The van der Waals surface area contributed by atoms with Crippen LogP contribution in [0.2, 0.25) is 0 Å². The molecule has 0 fully saturated rings. The zero-order valence-electron chi connectivity index (χ0n) is 8.41. The molecule has 0 bridgehead atoms. The van der Waals surface area contributed by atoms with Crippen LogP contribution in [0.5, 0.6) is 0 Å². The third kappa shape index (κ3) is 2.27. The molecule has 0 unspecified atom stereocenters. The number of aromatic nitrogens is 2. The summed E-state index contributed by atoms with van der Waals surface area (Å²) in [7, 11) is 0. The van der Waals surface area contributed by atoms with Crippen molar-refractivity contribution in [1.29, 1.82) is 0 Å². The maximum atomic E-state index is 11.0. The van der Waals surface area contributed by atoms with Crippen LogP contribution in [0.1, 0.15) is 5.56 Å². The summed E-state index contributed by atoms with van der Waals surface area (Å²) in [6, 6.07) is 5.48. The van der Waals surface area contributed by atoms with E-state index in [1.54, 1.807) is 6.07 Å². The first-order valence-electron chi connectivity index (χ1n) is 4.77. The molecular formula is C10H11N3O2S. The van der Waals surface area contributed by atoms with Crippen LogP contribution in [0, 0.1) is 0 Å². The normalized spacial score (nSPS) is 10.6. The molecule has 1 amide bonds. The minimum absolute atomic E-state index is 0.119. The van der Waals surface area contributed by atoms with Gasteiger partial charge in [0.1, 0.15) is 0 Å². The van der Waals surface area contributed by atoms with Gasteiger partial charge in [0.05, 0.1) is 16.8 Å². The van der Waals surface area contributed by atoms with E-state index in [0.717, 1.165) is 16.6 Å². The number of imidazole rings is 1. The smallest absolute Gasteiger partial charge is 0.323 e. The first-order valence-corrected chi connectivity index (χ1v) is 5.41. The van der Waals surface area contributed by atoms with Crippen molar-refractivity contribution in [2.75, 3.05) is 5.75 Å². The zero-order valence-corrected chi connectivity index (χ0v) is 9.30. The molecule has 1 heterocycles. The summed E-state index contributed by atoms with van der Waals surface area (Å²) in [5, 5.41) is 2.70. The third-order valence-corrected chi connectivity index (χ3v) is 2.50. The molecule has 1 aromatic heterocycles. The molecule has 0 saturated carbocycles. The number of thiol groups is 1. The van der Waals surface area contributed by atoms with Gasteiger partial charge in [-0.05, 0) is 17.7 Å². The summed E-state index contributed by atoms with van der Waals surface area (Å²) in [6.07, 6.45) is 0. The number of hydrogen-bond acceptors (Lipinski definition) is 3. The average molecular weight is 237 g/mol. The Labute approximate surface area is 96.7 Å². The average Bonchev–Trinajstić information content (AvgIpc) is 2.65. The van der Waals surface area contributed by atoms with Crippen LogP contribution in [0.4, 0.5) is 0 Å². The first kappa shape index (κ1) is 10.8. The van der Waals surface area contributed by atoms with Crippen molar-refractivity contribution >= 4 is 29.6 Å². The molecule has 16 heavy (non-hydrogen) atoms. The van der Waals surface area contributed by atoms with Crippen LogP contribution in [-0.4, -0.2) is 21.6 Å². The van der Waals surface area contributed by atoms with Crippen molar-refractivity contribution in [3.05, 3.63) is 34.2 Å². The number of aromatic amines is 2. The van der Waals surface area contributed by atoms with Gasteiger partial charge in [0.25, 0.3) is 0 Å². The second-order valence-corrected chi connectivity index (χ2v) is 3.71. The first-order chi connectivity index (χ1) is 7.69. The van der Waals surface area contributed by atoms with Gasteiger partial charge in [-0.1, -0.05) is 6.07 Å². The number of nitrogens with one attached hydrogen (secondary N) is 3. The number of hydrogen-bond donors (Lipinski definition) is 4. The SMILES string of the molecule is O=C(CS)NCc1ccc2[nH]c(=O)[nH]c2c1. The highest BCUT2D eigenvalue weighted by molar-refractivity contribution is 7.81. The number of carbonyl (C=O) groups is 1. The monoisotopic (exact) mass is 237 g/mol. The highest BCUT2D eigenvalue weighted by Gasteiger charge is 2.01. The lowest BCUT2D eigenvalue weighted by atomic mass is 10.2. The van der Waals surface area contributed by atoms with Gasteiger partial charge in [-0.3, -0.25) is 4.79 Å². The molecule has 0 aliphatic rings. The van der Waals surface area contributed by atoms with Crippen LogP contribution < -0.4 is 11.0 Å². The van der Waals surface area contributed by atoms with E-state index in [0.29, 0.717) is 6.54 Å². The second-order valence-electron chi connectivity index (χ2n) is 3.39. The molecular weight excluding hydrogens is 226 g/mol. The molecule has 5 nitrogen and oxygen atoms in total. The predicted molar refractivity (Wildman–Crippen MR) is 64.6 cm³/mol. The minimum atomic E-state index is -0.230. The molecule has 0 saturated heterocycles. The minimum Gasteiger partial charge on any atom is -0.351 e. The van der Waals surface area contributed by atoms with E-state index in [4.69, 9.17) is 0 Å². The zero-order chi connectivity index (χ0) is 11.5. The molecule has 84 valence electrons. The third-order valence-electron chi connectivity index (χ3n) is 2.21. The van der Waals surface area contributed by atoms with Crippen LogP contribution >= 0.6 is 12.6 Å². The molecule has 0 atom stereocenters. The fourth-order valence-electron chi connectivity index (χ4n) is 1.45. The maximum Gasteiger partial charge on any atom is 0.323 e. The Morgan fingerprint density at radius 3 is 2.81 bits per heavy atom. The Balaban J connectivity index is 2.19. The van der Waals surface area contributed by atoms with Crippen LogP contribution in [0.15, 0.2) is 23.0 Å². The summed E-state index contributed by atoms with van der Waals surface area (Å²) in [4.78, 5) is 27.3. The van der Waals surface area contributed by atoms with Gasteiger partial charge in [-0.15, -0.1) is 0 Å². The van der Waals surface area contributed by atoms with E-state index in [1.165, 1.54) is 0 Å². The summed E-state index contributed by atoms with van der Waals surface area (Å²) < 4.78 is 0. The highest BCUT2D eigenvalue weighted by Crippen LogP contribution is 2.09. The highest BCUT2D eigenvalue weighted by atomic mass is 32.1. The van der Waals surface area contributed by atoms with Gasteiger partial charge < -0.3 is 15.3 Å². The van der Waals surface area contributed by atoms with Gasteiger partial charge in [-0.25, -0.2) is 4.79 Å². The quantitative estimate of drug-likeness (QED) is 0.583. The number of carbonyl (C=O) groups excluding carboxylic acids is 1. The van der Waals surface area contributed by atoms with Crippen molar-refractivity contribution < 1.29 is 4.79 Å². The summed E-state index contributed by atoms with van der Waals surface area (Å²) in [5.41, 5.74) is 2.20. The summed E-state index contributed by atoms with van der Waals surface area (Å²) >= 11 is 3.86. The van der Waals surface area contributed by atoms with Gasteiger partial charge in [0.2, 0.25) is 5.91 Å². The van der Waals surface area contributed by atoms with Crippen LogP contribution in [-0.2, 0) is 11.3 Å². The van der Waals surface area contributed by atoms with Crippen LogP contribution in [0.25, 0.3) is 11.0 Å². The lowest BCUT2D eigenvalue weighted by molar-refractivity contribution is -0.118. The fraction of sp³-hybridized carbons (Fsp3) is 0.200. The lowest BCUT2D eigenvalue weighted by Gasteiger charge is -2.03. The number of fused-ring (bicyclic) bond motifs is 1. The van der Waals surface area contributed by atoms with E-state index in [9.17, 15) is 9.59 Å². The Hall–Kier alpha value is -1.69. The van der Waals surface area contributed by atoms with Crippen molar-refractivity contribution in [3.8, 4) is 0 Å². The molecule has 2 rings (SSSR count). The van der Waals surface area contributed by atoms with Gasteiger partial charge >= 0.3 is 5.69 Å². The standard InChI is InChI=1S/C10H11N3O2S/c14-9(5-16)11-4-6-1-2-7-8(3-6)13-10(15)12-7/h1-3,16H,4-5H2,(H,11,14)(H2,12,13,15). The van der Waals surface area contributed by atoms with Gasteiger partial charge in [-0.2, -0.15) is 12.6 Å². The summed E-state index contributed by atoms with van der Waals surface area (Å²) in [5.74, 6) is 0.0504. The van der Waals surface area contributed by atoms with E-state index >= 15 is 0 Å². The Morgan fingerprint density at radius 1 is 1.31 bits per heavy atom. The molecule has 0 radical (unpaired) electrons. The molecule has 3 N–H and O–H groups in total. The van der Waals surface area contributed by atoms with E-state index in [-0.39, 0.29) is 17.3 Å². The Kier molecular flexibility index (Phi) is 3.00. The fourth-order valence-corrected chi connectivity index (χ4v) is 1.56. The number of amides is 1.